The molecular formula is C25H30FN7O. The molecule has 0 radical (unpaired) electrons. The summed E-state index contributed by atoms with van der Waals surface area (Å²) in [4.78, 5) is 11.4. The van der Waals surface area contributed by atoms with Crippen LogP contribution in [0.5, 0.6) is 0 Å². The number of aromatic nitrogens is 6. The van der Waals surface area contributed by atoms with Gasteiger partial charge in [0.15, 0.2) is 0 Å². The number of hydrogen-bond donors (Lipinski definition) is 1. The highest BCUT2D eigenvalue weighted by Gasteiger charge is 2.38. The maximum absolute atomic E-state index is 14.3. The molecule has 0 unspecified atom stereocenters. The molecule has 1 fully saturated rings. The summed E-state index contributed by atoms with van der Waals surface area (Å²) in [5.74, 6) is 0.335. The predicted octanol–water partition coefficient (Wildman–Crippen LogP) is 3.96. The first-order chi connectivity index (χ1) is 16.3. The van der Waals surface area contributed by atoms with Gasteiger partial charge in [0.05, 0.1) is 23.6 Å². The van der Waals surface area contributed by atoms with Crippen LogP contribution >= 0.6 is 0 Å². The predicted molar refractivity (Wildman–Crippen MR) is 128 cm³/mol. The normalized spacial score (nSPS) is 16.4. The van der Waals surface area contributed by atoms with E-state index in [4.69, 9.17) is 4.74 Å². The van der Waals surface area contributed by atoms with Crippen LogP contribution in [0.2, 0.25) is 0 Å². The second kappa shape index (κ2) is 8.56. The molecule has 1 saturated heterocycles. The van der Waals surface area contributed by atoms with Gasteiger partial charge in [-0.3, -0.25) is 14.7 Å². The van der Waals surface area contributed by atoms with E-state index in [0.717, 1.165) is 65.4 Å². The molecular weight excluding hydrogens is 433 g/mol. The smallest absolute Gasteiger partial charge is 0.149 e. The van der Waals surface area contributed by atoms with Gasteiger partial charge in [-0.25, -0.2) is 14.4 Å². The zero-order chi connectivity index (χ0) is 24.0. The number of nitrogens with zero attached hydrogens (tertiary/aromatic N) is 6. The molecule has 0 aliphatic carbocycles. The van der Waals surface area contributed by atoms with E-state index in [2.05, 4.69) is 43.2 Å². The summed E-state index contributed by atoms with van der Waals surface area (Å²) in [6.07, 6.45) is 1.61. The molecule has 0 atom stereocenters. The third-order valence-electron chi connectivity index (χ3n) is 7.17. The number of likely N-dealkylation sites (tertiary alicyclic amines) is 1. The molecule has 4 aromatic rings. The number of fused-ring (bicyclic) bond motifs is 1. The molecule has 9 heteroatoms. The quantitative estimate of drug-likeness (QED) is 0.482. The van der Waals surface area contributed by atoms with E-state index in [9.17, 15) is 4.39 Å². The van der Waals surface area contributed by atoms with Crippen LogP contribution < -0.4 is 0 Å². The summed E-state index contributed by atoms with van der Waals surface area (Å²) in [5.41, 5.74) is 5.72. The second-order valence-corrected chi connectivity index (χ2v) is 9.17. The Morgan fingerprint density at radius 1 is 1.12 bits per heavy atom. The molecule has 5 rings (SSSR count). The summed E-state index contributed by atoms with van der Waals surface area (Å²) in [6, 6.07) is 7.09. The van der Waals surface area contributed by atoms with E-state index in [-0.39, 0.29) is 5.82 Å². The van der Waals surface area contributed by atoms with Crippen LogP contribution in [0.3, 0.4) is 0 Å². The van der Waals surface area contributed by atoms with Crippen LogP contribution in [-0.4, -0.2) is 55.0 Å². The van der Waals surface area contributed by atoms with Gasteiger partial charge in [0.1, 0.15) is 22.8 Å². The maximum Gasteiger partial charge on any atom is 0.149 e. The van der Waals surface area contributed by atoms with Crippen molar-refractivity contribution in [1.82, 2.24) is 34.8 Å². The van der Waals surface area contributed by atoms with Crippen LogP contribution in [0.15, 0.2) is 24.3 Å². The van der Waals surface area contributed by atoms with Crippen molar-refractivity contribution in [3.05, 3.63) is 58.7 Å². The van der Waals surface area contributed by atoms with Crippen LogP contribution in [0, 0.1) is 26.6 Å². The van der Waals surface area contributed by atoms with E-state index >= 15 is 0 Å². The molecule has 0 spiro atoms. The highest BCUT2D eigenvalue weighted by Crippen LogP contribution is 2.37. The van der Waals surface area contributed by atoms with Gasteiger partial charge in [-0.05, 0) is 45.7 Å². The Hall–Kier alpha value is -3.17. The number of piperidine rings is 1. The summed E-state index contributed by atoms with van der Waals surface area (Å²) in [7, 11) is 3.70. The molecule has 0 saturated carbocycles. The first-order valence-electron chi connectivity index (χ1n) is 11.6. The first kappa shape index (κ1) is 22.6. The number of ether oxygens (including phenoxy) is 1. The van der Waals surface area contributed by atoms with Crippen molar-refractivity contribution in [2.24, 2.45) is 7.05 Å². The van der Waals surface area contributed by atoms with Gasteiger partial charge in [-0.2, -0.15) is 10.2 Å². The number of methoxy groups -OCH3 is 1. The molecule has 0 amide bonds. The Labute approximate surface area is 198 Å². The molecule has 1 aliphatic rings. The number of aromatic amines is 1. The van der Waals surface area contributed by atoms with Crippen molar-refractivity contribution in [2.45, 2.75) is 45.8 Å². The lowest BCUT2D eigenvalue weighted by atomic mass is 9.87. The zero-order valence-electron chi connectivity index (χ0n) is 20.3. The summed E-state index contributed by atoms with van der Waals surface area (Å²) in [5, 5.41) is 13.1. The average molecular weight is 464 g/mol. The summed E-state index contributed by atoms with van der Waals surface area (Å²) in [6.45, 7) is 8.16. The summed E-state index contributed by atoms with van der Waals surface area (Å²) >= 11 is 0. The van der Waals surface area contributed by atoms with E-state index in [1.807, 2.05) is 31.6 Å². The minimum Gasteiger partial charge on any atom is -0.372 e. The Morgan fingerprint density at radius 2 is 1.88 bits per heavy atom. The number of hydrogen-bond acceptors (Lipinski definition) is 6. The van der Waals surface area contributed by atoms with Crippen molar-refractivity contribution in [3.63, 3.8) is 0 Å². The average Bonchev–Trinajstić information content (AvgIpc) is 3.40. The van der Waals surface area contributed by atoms with E-state index in [1.54, 1.807) is 13.2 Å². The molecule has 34 heavy (non-hydrogen) atoms. The Balaban J connectivity index is 1.33. The molecule has 4 heterocycles. The van der Waals surface area contributed by atoms with Crippen LogP contribution in [0.25, 0.3) is 22.2 Å². The molecule has 1 aliphatic heterocycles. The van der Waals surface area contributed by atoms with Crippen molar-refractivity contribution < 1.29 is 9.13 Å². The number of aryl methyl sites for hydroxylation is 3. The van der Waals surface area contributed by atoms with Crippen LogP contribution in [0.1, 0.15) is 41.4 Å². The molecule has 178 valence electrons. The molecule has 0 bridgehead atoms. The lowest BCUT2D eigenvalue weighted by Gasteiger charge is -2.39. The number of halogens is 1. The fourth-order valence-corrected chi connectivity index (χ4v) is 5.08. The maximum atomic E-state index is 14.3. The molecule has 1 N–H and O–H groups in total. The topological polar surface area (TPSA) is 84.8 Å². The van der Waals surface area contributed by atoms with Gasteiger partial charge in [-0.15, -0.1) is 0 Å². The van der Waals surface area contributed by atoms with Gasteiger partial charge >= 0.3 is 0 Å². The Kier molecular flexibility index (Phi) is 5.69. The number of nitrogens with one attached hydrogen (secondary N) is 1. The lowest BCUT2D eigenvalue weighted by Crippen LogP contribution is -2.43. The van der Waals surface area contributed by atoms with E-state index in [1.165, 1.54) is 6.07 Å². The minimum atomic E-state index is -0.433. The third kappa shape index (κ3) is 3.78. The highest BCUT2D eigenvalue weighted by atomic mass is 19.1. The van der Waals surface area contributed by atoms with E-state index in [0.29, 0.717) is 17.9 Å². The number of rotatable bonds is 5. The fourth-order valence-electron chi connectivity index (χ4n) is 5.08. The standard InChI is InChI=1S/C25H30FN7O/c1-15-18-7-6-8-19(26)24(18)28-22(27-15)14-33-11-9-25(34-5,10-12-33)21-13-20(29-30-21)23-16(2)31-32(4)17(23)3/h6-8,13H,9-12,14H2,1-5H3,(H,29,30). The minimum absolute atomic E-state index is 0.310. The SMILES string of the molecule is COC1(c2cc(-c3c(C)nn(C)c3C)n[nH]2)CCN(Cc2nc(C)c3cccc(F)c3n2)CC1. The molecule has 8 nitrogen and oxygen atoms in total. The van der Waals surface area contributed by atoms with Gasteiger partial charge < -0.3 is 4.74 Å². The second-order valence-electron chi connectivity index (χ2n) is 9.17. The van der Waals surface area contributed by atoms with Crippen molar-refractivity contribution in [3.8, 4) is 11.3 Å². The van der Waals surface area contributed by atoms with Gasteiger partial charge in [0, 0.05) is 49.6 Å². The van der Waals surface area contributed by atoms with Crippen LogP contribution in [-0.2, 0) is 23.9 Å². The van der Waals surface area contributed by atoms with Crippen molar-refractivity contribution in [1.29, 1.82) is 0 Å². The largest absolute Gasteiger partial charge is 0.372 e. The zero-order valence-corrected chi connectivity index (χ0v) is 20.3. The monoisotopic (exact) mass is 463 g/mol. The summed E-state index contributed by atoms with van der Waals surface area (Å²) < 4.78 is 22.3. The molecule has 3 aromatic heterocycles. The Morgan fingerprint density at radius 3 is 2.56 bits per heavy atom. The number of para-hydroxylation sites is 1. The lowest BCUT2D eigenvalue weighted by molar-refractivity contribution is -0.0671. The first-order valence-corrected chi connectivity index (χ1v) is 11.6. The number of H-pyrrole nitrogens is 1. The highest BCUT2D eigenvalue weighted by molar-refractivity contribution is 5.81. The number of benzene rings is 1. The third-order valence-corrected chi connectivity index (χ3v) is 7.17. The van der Waals surface area contributed by atoms with Crippen molar-refractivity contribution >= 4 is 10.9 Å². The van der Waals surface area contributed by atoms with Crippen LogP contribution in [0.4, 0.5) is 4.39 Å². The van der Waals surface area contributed by atoms with Crippen molar-refractivity contribution in [2.75, 3.05) is 20.2 Å². The fraction of sp³-hybridized carbons (Fsp3) is 0.440. The van der Waals surface area contributed by atoms with Gasteiger partial charge in [0.2, 0.25) is 0 Å². The van der Waals surface area contributed by atoms with E-state index < -0.39 is 5.60 Å². The van der Waals surface area contributed by atoms with Gasteiger partial charge in [0.25, 0.3) is 0 Å². The van der Waals surface area contributed by atoms with Gasteiger partial charge in [-0.1, -0.05) is 12.1 Å². The molecule has 1 aromatic carbocycles. The Bertz CT molecular complexity index is 1350.